The Kier molecular flexibility index (Phi) is 3.44. The van der Waals surface area contributed by atoms with Gasteiger partial charge in [0.2, 0.25) is 0 Å². The van der Waals surface area contributed by atoms with Crippen molar-refractivity contribution in [3.8, 4) is 6.07 Å². The maximum atomic E-state index is 9.78. The van der Waals surface area contributed by atoms with Gasteiger partial charge < -0.3 is 4.57 Å². The molecule has 0 radical (unpaired) electrons. The second-order valence-corrected chi connectivity index (χ2v) is 7.23. The number of para-hydroxylation sites is 2. The topological polar surface area (TPSA) is 44.9 Å². The molecule has 0 amide bonds. The van der Waals surface area contributed by atoms with Gasteiger partial charge in [-0.05, 0) is 36.6 Å². The van der Waals surface area contributed by atoms with Crippen molar-refractivity contribution in [2.75, 3.05) is 6.54 Å². The van der Waals surface area contributed by atoms with Crippen LogP contribution in [0, 0.1) is 17.2 Å². The van der Waals surface area contributed by atoms with E-state index in [1.54, 1.807) is 0 Å². The van der Waals surface area contributed by atoms with Crippen LogP contribution in [0.5, 0.6) is 0 Å². The molecule has 2 atom stereocenters. The summed E-state index contributed by atoms with van der Waals surface area (Å²) in [6, 6.07) is 21.3. The number of fused-ring (bicyclic) bond motifs is 5. The number of hydrogen-bond acceptors (Lipinski definition) is 3. The number of likely N-dealkylation sites (tertiary alicyclic amines) is 1. The van der Waals surface area contributed by atoms with E-state index in [-0.39, 0.29) is 6.17 Å². The van der Waals surface area contributed by atoms with Crippen molar-refractivity contribution in [2.24, 2.45) is 5.92 Å². The monoisotopic (exact) mass is 340 g/mol. The van der Waals surface area contributed by atoms with E-state index in [9.17, 15) is 5.26 Å². The fraction of sp³-hybridized carbons (Fsp3) is 0.273. The average molecular weight is 340 g/mol. The second kappa shape index (κ2) is 5.82. The summed E-state index contributed by atoms with van der Waals surface area (Å²) in [5, 5.41) is 9.78. The lowest BCUT2D eigenvalue weighted by Gasteiger charge is -2.35. The van der Waals surface area contributed by atoms with Crippen molar-refractivity contribution < 1.29 is 0 Å². The van der Waals surface area contributed by atoms with Gasteiger partial charge in [0, 0.05) is 19.0 Å². The Morgan fingerprint density at radius 3 is 2.69 bits per heavy atom. The summed E-state index contributed by atoms with van der Waals surface area (Å²) in [6.07, 6.45) is 1.31. The summed E-state index contributed by atoms with van der Waals surface area (Å²) in [4.78, 5) is 7.35. The normalized spacial score (nSPS) is 22.3. The Morgan fingerprint density at radius 1 is 1.12 bits per heavy atom. The molecule has 2 aliphatic rings. The molecule has 4 heteroatoms. The van der Waals surface area contributed by atoms with Gasteiger partial charge in [-0.25, -0.2) is 4.98 Å². The van der Waals surface area contributed by atoms with E-state index in [2.05, 4.69) is 64.9 Å². The number of nitrogens with zero attached hydrogens (tertiary/aromatic N) is 4. The van der Waals surface area contributed by atoms with E-state index in [1.165, 1.54) is 11.1 Å². The lowest BCUT2D eigenvalue weighted by Crippen LogP contribution is -2.33. The summed E-state index contributed by atoms with van der Waals surface area (Å²) >= 11 is 0. The maximum Gasteiger partial charge on any atom is 0.153 e. The van der Waals surface area contributed by atoms with Gasteiger partial charge in [-0.15, -0.1) is 0 Å². The Balaban J connectivity index is 1.67. The van der Waals surface area contributed by atoms with Crippen LogP contribution in [0.15, 0.2) is 60.2 Å². The molecule has 0 N–H and O–H groups in total. The lowest BCUT2D eigenvalue weighted by molar-refractivity contribution is 0.162. The molecular weight excluding hydrogens is 320 g/mol. The largest absolute Gasteiger partial charge is 0.306 e. The summed E-state index contributed by atoms with van der Waals surface area (Å²) < 4.78 is 2.31. The Morgan fingerprint density at radius 2 is 1.88 bits per heavy atom. The predicted octanol–water partition coefficient (Wildman–Crippen LogP) is 4.37. The summed E-state index contributed by atoms with van der Waals surface area (Å²) in [6.45, 7) is 4.07. The van der Waals surface area contributed by atoms with Crippen LogP contribution in [0.1, 0.15) is 30.9 Å². The van der Waals surface area contributed by atoms with E-state index >= 15 is 0 Å². The number of nitriles is 1. The summed E-state index contributed by atoms with van der Waals surface area (Å²) in [5.41, 5.74) is 5.36. The van der Waals surface area contributed by atoms with Crippen molar-refractivity contribution in [1.29, 1.82) is 5.26 Å². The van der Waals surface area contributed by atoms with Crippen molar-refractivity contribution in [2.45, 2.75) is 26.1 Å². The Labute approximate surface area is 153 Å². The first-order valence-electron chi connectivity index (χ1n) is 9.14. The Hall–Kier alpha value is -2.90. The van der Waals surface area contributed by atoms with Crippen LogP contribution < -0.4 is 0 Å². The van der Waals surface area contributed by atoms with Crippen LogP contribution in [-0.4, -0.2) is 21.0 Å². The maximum absolute atomic E-state index is 9.78. The highest BCUT2D eigenvalue weighted by Gasteiger charge is 2.43. The lowest BCUT2D eigenvalue weighted by atomic mass is 9.89. The number of hydrogen-bond donors (Lipinski definition) is 0. The van der Waals surface area contributed by atoms with Gasteiger partial charge in [-0.1, -0.05) is 42.5 Å². The van der Waals surface area contributed by atoms with E-state index in [0.717, 1.165) is 41.9 Å². The molecule has 1 saturated heterocycles. The molecule has 26 heavy (non-hydrogen) atoms. The predicted molar refractivity (Wildman–Crippen MR) is 102 cm³/mol. The summed E-state index contributed by atoms with van der Waals surface area (Å²) in [7, 11) is 0. The number of aromatic nitrogens is 2. The highest BCUT2D eigenvalue weighted by atomic mass is 15.3. The smallest absolute Gasteiger partial charge is 0.153 e. The molecular formula is C22H20N4. The molecule has 128 valence electrons. The van der Waals surface area contributed by atoms with Crippen LogP contribution in [0.3, 0.4) is 0 Å². The van der Waals surface area contributed by atoms with Crippen molar-refractivity contribution in [1.82, 2.24) is 14.5 Å². The number of benzene rings is 2. The van der Waals surface area contributed by atoms with Crippen LogP contribution in [0.4, 0.5) is 0 Å². The summed E-state index contributed by atoms with van der Waals surface area (Å²) in [5.74, 6) is 1.20. The SMILES string of the molecule is CC1=C(C#N)c2nc3ccccc3n2C2C1CCN2Cc1ccccc1. The molecule has 3 aromatic rings. The standard InChI is InChI=1S/C22H20N4/c1-15-17-11-12-25(14-16-7-3-2-4-8-16)22(17)26-20-10-6-5-9-19(20)24-21(26)18(15)13-23/h2-10,17,22H,11-12,14H2,1H3. The zero-order valence-electron chi connectivity index (χ0n) is 14.8. The minimum absolute atomic E-state index is 0.231. The van der Waals surface area contributed by atoms with Crippen LogP contribution >= 0.6 is 0 Å². The zero-order chi connectivity index (χ0) is 17.7. The highest BCUT2D eigenvalue weighted by molar-refractivity contribution is 5.85. The third kappa shape index (κ3) is 2.14. The van der Waals surface area contributed by atoms with Gasteiger partial charge >= 0.3 is 0 Å². The van der Waals surface area contributed by atoms with Gasteiger partial charge in [-0.2, -0.15) is 5.26 Å². The van der Waals surface area contributed by atoms with E-state index in [1.807, 2.05) is 12.1 Å². The van der Waals surface area contributed by atoms with Gasteiger partial charge in [-0.3, -0.25) is 4.90 Å². The number of allylic oxidation sites excluding steroid dienone is 1. The van der Waals surface area contributed by atoms with Crippen molar-refractivity contribution in [3.05, 3.63) is 71.6 Å². The molecule has 1 aromatic heterocycles. The van der Waals surface area contributed by atoms with E-state index in [0.29, 0.717) is 5.92 Å². The number of rotatable bonds is 2. The van der Waals surface area contributed by atoms with E-state index < -0.39 is 0 Å². The number of imidazole rings is 1. The highest BCUT2D eigenvalue weighted by Crippen LogP contribution is 2.47. The van der Waals surface area contributed by atoms with Crippen LogP contribution in [0.2, 0.25) is 0 Å². The van der Waals surface area contributed by atoms with E-state index in [4.69, 9.17) is 4.98 Å². The molecule has 0 bridgehead atoms. The fourth-order valence-corrected chi connectivity index (χ4v) is 4.60. The first-order chi connectivity index (χ1) is 12.8. The molecule has 2 aromatic carbocycles. The van der Waals surface area contributed by atoms with Crippen LogP contribution in [0.25, 0.3) is 16.6 Å². The second-order valence-electron chi connectivity index (χ2n) is 7.23. The minimum atomic E-state index is 0.231. The fourth-order valence-electron chi connectivity index (χ4n) is 4.60. The minimum Gasteiger partial charge on any atom is -0.306 e. The van der Waals surface area contributed by atoms with Crippen molar-refractivity contribution in [3.63, 3.8) is 0 Å². The quantitative estimate of drug-likeness (QED) is 0.696. The Bertz CT molecular complexity index is 1050. The zero-order valence-corrected chi connectivity index (χ0v) is 14.8. The third-order valence-electron chi connectivity index (χ3n) is 5.84. The molecule has 1 fully saturated rings. The molecule has 0 saturated carbocycles. The van der Waals surface area contributed by atoms with Gasteiger partial charge in [0.15, 0.2) is 5.82 Å². The third-order valence-corrected chi connectivity index (χ3v) is 5.84. The molecule has 0 spiro atoms. The molecule has 5 rings (SSSR count). The van der Waals surface area contributed by atoms with Gasteiger partial charge in [0.1, 0.15) is 6.07 Å². The average Bonchev–Trinajstić information content (AvgIpc) is 3.24. The first-order valence-corrected chi connectivity index (χ1v) is 9.14. The van der Waals surface area contributed by atoms with Gasteiger partial charge in [0.25, 0.3) is 0 Å². The van der Waals surface area contributed by atoms with Gasteiger partial charge in [0.05, 0.1) is 22.8 Å². The van der Waals surface area contributed by atoms with Crippen LogP contribution in [-0.2, 0) is 6.54 Å². The molecule has 2 aliphatic heterocycles. The van der Waals surface area contributed by atoms with Crippen molar-refractivity contribution >= 4 is 16.6 Å². The molecule has 0 aliphatic carbocycles. The molecule has 4 nitrogen and oxygen atoms in total. The molecule has 2 unspecified atom stereocenters. The molecule has 3 heterocycles. The first kappa shape index (κ1) is 15.4.